The molecule has 1 aromatic heterocycles. The van der Waals surface area contributed by atoms with E-state index in [0.29, 0.717) is 0 Å². The molecule has 0 atom stereocenters. The van der Waals surface area contributed by atoms with E-state index in [1.165, 1.54) is 0 Å². The van der Waals surface area contributed by atoms with E-state index in [1.807, 2.05) is 20.3 Å². The van der Waals surface area contributed by atoms with Crippen molar-refractivity contribution >= 4 is 0 Å². The van der Waals surface area contributed by atoms with E-state index in [9.17, 15) is 0 Å². The van der Waals surface area contributed by atoms with Crippen molar-refractivity contribution in [3.63, 3.8) is 0 Å². The average molecular weight is 362 g/mol. The molecule has 0 spiro atoms. The Bertz CT molecular complexity index is 216. The third-order valence-corrected chi connectivity index (χ3v) is 1.28. The molecule has 0 radical (unpaired) electrons. The van der Waals surface area contributed by atoms with Crippen molar-refractivity contribution in [3.8, 4) is 0 Å². The summed E-state index contributed by atoms with van der Waals surface area (Å²) >= 11 is 0. The first-order chi connectivity index (χ1) is 6.02. The number of nitrogens with zero attached hydrogens (tertiary/aromatic N) is 2. The summed E-state index contributed by atoms with van der Waals surface area (Å²) in [5, 5.41) is 0. The molecule has 0 saturated heterocycles. The van der Waals surface area contributed by atoms with Crippen molar-refractivity contribution in [2.45, 2.75) is 40.0 Å². The van der Waals surface area contributed by atoms with Gasteiger partial charge in [-0.25, -0.2) is 0 Å². The summed E-state index contributed by atoms with van der Waals surface area (Å²) in [5.74, 6) is 0. The first-order valence-electron chi connectivity index (χ1n) is 4.45. The van der Waals surface area contributed by atoms with Gasteiger partial charge in [0.15, 0.2) is 0 Å². The second-order valence-corrected chi connectivity index (χ2v) is 3.86. The van der Waals surface area contributed by atoms with Crippen LogP contribution in [0.1, 0.15) is 40.3 Å². The fraction of sp³-hybridized carbons (Fsp3) is 0.545. The minimum Gasteiger partial charge on any atom is -0.452 e. The second-order valence-electron chi connectivity index (χ2n) is 3.86. The molecule has 0 unspecified atom stereocenters. The summed E-state index contributed by atoms with van der Waals surface area (Å²) in [7, 11) is 0. The number of aromatic nitrogens is 2. The maximum atomic E-state index is 4.06. The predicted molar refractivity (Wildman–Crippen MR) is 55.2 cm³/mol. The van der Waals surface area contributed by atoms with Gasteiger partial charge in [-0.2, -0.15) is 13.8 Å². The van der Waals surface area contributed by atoms with E-state index >= 15 is 0 Å². The van der Waals surface area contributed by atoms with Gasteiger partial charge in [-0.15, -0.1) is 6.20 Å². The fourth-order valence-corrected chi connectivity index (χ4v) is 0.630. The zero-order chi connectivity index (χ0) is 10.3. The summed E-state index contributed by atoms with van der Waals surface area (Å²) in [5.41, 5.74) is 1.07. The summed E-state index contributed by atoms with van der Waals surface area (Å²) in [6.07, 6.45) is 8.05. The van der Waals surface area contributed by atoms with Crippen LogP contribution < -0.4 is 0 Å². The summed E-state index contributed by atoms with van der Waals surface area (Å²) in [6.45, 7) is 10.3. The van der Waals surface area contributed by atoms with E-state index in [1.54, 1.807) is 12.4 Å². The Balaban J connectivity index is 0. The van der Waals surface area contributed by atoms with Crippen LogP contribution in [0.5, 0.6) is 0 Å². The molecule has 2 nitrogen and oxygen atoms in total. The smallest absolute Gasteiger partial charge is 0.452 e. The SMILES string of the molecule is CC(C)(C)c1cnc[c-]n1.C[CH-]C.[W+2]. The van der Waals surface area contributed by atoms with Gasteiger partial charge < -0.3 is 16.4 Å². The zero-order valence-electron chi connectivity index (χ0n) is 9.53. The van der Waals surface area contributed by atoms with Crippen molar-refractivity contribution in [3.05, 3.63) is 30.7 Å². The van der Waals surface area contributed by atoms with Crippen molar-refractivity contribution in [2.24, 2.45) is 0 Å². The molecule has 3 heteroatoms. The molecule has 1 rings (SSSR count). The van der Waals surface area contributed by atoms with Gasteiger partial charge in [0.25, 0.3) is 0 Å². The van der Waals surface area contributed by atoms with Gasteiger partial charge in [-0.1, -0.05) is 31.9 Å². The molecule has 0 saturated carbocycles. The van der Waals surface area contributed by atoms with E-state index in [2.05, 4.69) is 36.9 Å². The van der Waals surface area contributed by atoms with E-state index in [-0.39, 0.29) is 26.5 Å². The molecule has 0 aliphatic carbocycles. The Morgan fingerprint density at radius 3 is 2.00 bits per heavy atom. The molecule has 0 bridgehead atoms. The Labute approximate surface area is 102 Å². The van der Waals surface area contributed by atoms with Crippen molar-refractivity contribution < 1.29 is 21.1 Å². The van der Waals surface area contributed by atoms with Gasteiger partial charge in [0.05, 0.1) is 0 Å². The Kier molecular flexibility index (Phi) is 9.39. The standard InChI is InChI=1S/C8H11N2.C3H7.W/c1-8(2,3)7-6-9-4-5-10-7;1-3-2;/h4,6H,1-3H3;3H,1-2H3;/q2*-1;+2. The molecule has 14 heavy (non-hydrogen) atoms. The van der Waals surface area contributed by atoms with Crippen LogP contribution in [0.3, 0.4) is 0 Å². The monoisotopic (exact) mass is 362 g/mol. The quantitative estimate of drug-likeness (QED) is 0.664. The summed E-state index contributed by atoms with van der Waals surface area (Å²) < 4.78 is 0. The van der Waals surface area contributed by atoms with Gasteiger partial charge in [-0.3, -0.25) is 0 Å². The van der Waals surface area contributed by atoms with Crippen LogP contribution in [0, 0.1) is 12.6 Å². The van der Waals surface area contributed by atoms with Gasteiger partial charge in [0.1, 0.15) is 0 Å². The average Bonchev–Trinajstić information content (AvgIpc) is 2.06. The molecule has 0 amide bonds. The number of rotatable bonds is 0. The molecule has 78 valence electrons. The largest absolute Gasteiger partial charge is 2.00 e. The Morgan fingerprint density at radius 1 is 1.29 bits per heavy atom. The predicted octanol–water partition coefficient (Wildman–Crippen LogP) is 2.80. The second kappa shape index (κ2) is 8.11. The van der Waals surface area contributed by atoms with Crippen molar-refractivity contribution in [2.75, 3.05) is 0 Å². The van der Waals surface area contributed by atoms with Gasteiger partial charge >= 0.3 is 21.1 Å². The minimum atomic E-state index is 0. The first-order valence-corrected chi connectivity index (χ1v) is 4.45. The van der Waals surface area contributed by atoms with Crippen LogP contribution in [-0.2, 0) is 26.5 Å². The van der Waals surface area contributed by atoms with Crippen LogP contribution >= 0.6 is 0 Å². The molecule has 0 aliphatic rings. The van der Waals surface area contributed by atoms with Gasteiger partial charge in [0, 0.05) is 0 Å². The molecule has 1 aromatic rings. The topological polar surface area (TPSA) is 25.8 Å². The minimum absolute atomic E-state index is 0. The summed E-state index contributed by atoms with van der Waals surface area (Å²) in [4.78, 5) is 8.00. The van der Waals surface area contributed by atoms with Crippen molar-refractivity contribution in [1.29, 1.82) is 0 Å². The molecule has 0 aliphatic heterocycles. The third-order valence-electron chi connectivity index (χ3n) is 1.28. The van der Waals surface area contributed by atoms with Crippen LogP contribution in [0.4, 0.5) is 0 Å². The fourth-order valence-electron chi connectivity index (χ4n) is 0.630. The van der Waals surface area contributed by atoms with Crippen LogP contribution in [0.2, 0.25) is 0 Å². The Hall–Kier alpha value is -0.232. The number of hydrogen-bond donors (Lipinski definition) is 0. The Morgan fingerprint density at radius 2 is 1.79 bits per heavy atom. The molecule has 0 N–H and O–H groups in total. The molecular weight excluding hydrogens is 344 g/mol. The van der Waals surface area contributed by atoms with Crippen LogP contribution in [0.15, 0.2) is 12.4 Å². The third kappa shape index (κ3) is 7.20. The van der Waals surface area contributed by atoms with Crippen molar-refractivity contribution in [1.82, 2.24) is 9.97 Å². The van der Waals surface area contributed by atoms with E-state index < -0.39 is 0 Å². The molecular formula is C11H18N2W. The first kappa shape index (κ1) is 16.2. The van der Waals surface area contributed by atoms with Crippen LogP contribution in [0.25, 0.3) is 0 Å². The van der Waals surface area contributed by atoms with Gasteiger partial charge in [-0.05, 0) is 12.4 Å². The van der Waals surface area contributed by atoms with Gasteiger partial charge in [0.2, 0.25) is 0 Å². The molecule has 0 aromatic carbocycles. The molecule has 1 heterocycles. The maximum absolute atomic E-state index is 4.06. The number of hydrogen-bond acceptors (Lipinski definition) is 2. The van der Waals surface area contributed by atoms with Crippen LogP contribution in [-0.4, -0.2) is 9.97 Å². The van der Waals surface area contributed by atoms with E-state index in [4.69, 9.17) is 0 Å². The zero-order valence-corrected chi connectivity index (χ0v) is 12.5. The van der Waals surface area contributed by atoms with E-state index in [0.717, 1.165) is 5.69 Å². The summed E-state index contributed by atoms with van der Waals surface area (Å²) in [6, 6.07) is 0. The normalized spacial score (nSPS) is 9.50. The maximum Gasteiger partial charge on any atom is 2.00 e. The molecule has 0 fully saturated rings.